The summed E-state index contributed by atoms with van der Waals surface area (Å²) < 4.78 is 0. The van der Waals surface area contributed by atoms with Crippen LogP contribution in [0.1, 0.15) is 34.8 Å². The normalized spacial score (nSPS) is 11.8. The fourth-order valence-corrected chi connectivity index (χ4v) is 2.58. The predicted molar refractivity (Wildman–Crippen MR) is 91.1 cm³/mol. The van der Waals surface area contributed by atoms with E-state index in [0.29, 0.717) is 12.8 Å². The topological polar surface area (TPSA) is 92.5 Å². The fourth-order valence-electron chi connectivity index (χ4n) is 2.36. The van der Waals surface area contributed by atoms with E-state index >= 15 is 0 Å². The largest absolute Gasteiger partial charge is 0.396 e. The molecule has 0 aromatic heterocycles. The summed E-state index contributed by atoms with van der Waals surface area (Å²) in [4.78, 5) is 22.8. The molecule has 0 spiro atoms. The van der Waals surface area contributed by atoms with Gasteiger partial charge in [-0.15, -0.1) is 0 Å². The standard InChI is InChI=1S/C17H17ClN2O4/c18-14-9-13(10-15(11-14)20(23)24)17(22)19-16(7-4-8-21)12-5-2-1-3-6-12/h1-3,5-6,9-11,16,21H,4,7-8H2,(H,19,22). The lowest BCUT2D eigenvalue weighted by Crippen LogP contribution is -2.28. The highest BCUT2D eigenvalue weighted by atomic mass is 35.5. The number of nitrogens with zero attached hydrogens (tertiary/aromatic N) is 1. The van der Waals surface area contributed by atoms with E-state index in [9.17, 15) is 14.9 Å². The van der Waals surface area contributed by atoms with Gasteiger partial charge in [0.05, 0.1) is 11.0 Å². The van der Waals surface area contributed by atoms with E-state index in [1.165, 1.54) is 18.2 Å². The van der Waals surface area contributed by atoms with Crippen molar-refractivity contribution in [3.8, 4) is 0 Å². The van der Waals surface area contributed by atoms with Crippen molar-refractivity contribution in [2.45, 2.75) is 18.9 Å². The first-order valence-corrected chi connectivity index (χ1v) is 7.80. The number of rotatable bonds is 7. The van der Waals surface area contributed by atoms with Crippen molar-refractivity contribution in [2.75, 3.05) is 6.61 Å². The van der Waals surface area contributed by atoms with Gasteiger partial charge in [0.1, 0.15) is 0 Å². The number of amides is 1. The smallest absolute Gasteiger partial charge is 0.271 e. The molecule has 126 valence electrons. The number of aliphatic hydroxyl groups is 1. The molecule has 2 rings (SSSR count). The first-order valence-electron chi connectivity index (χ1n) is 7.43. The van der Waals surface area contributed by atoms with Crippen molar-refractivity contribution in [3.63, 3.8) is 0 Å². The molecule has 0 heterocycles. The highest BCUT2D eigenvalue weighted by Gasteiger charge is 2.18. The summed E-state index contributed by atoms with van der Waals surface area (Å²) >= 11 is 5.86. The summed E-state index contributed by atoms with van der Waals surface area (Å²) in [6.45, 7) is 0.0157. The van der Waals surface area contributed by atoms with Crippen LogP contribution in [0.3, 0.4) is 0 Å². The van der Waals surface area contributed by atoms with E-state index in [1.807, 2.05) is 30.3 Å². The minimum Gasteiger partial charge on any atom is -0.396 e. The fraction of sp³-hybridized carbons (Fsp3) is 0.235. The molecule has 2 aromatic rings. The number of halogens is 1. The van der Waals surface area contributed by atoms with E-state index in [0.717, 1.165) is 5.56 Å². The molecule has 0 aliphatic rings. The van der Waals surface area contributed by atoms with Gasteiger partial charge in [0.15, 0.2) is 0 Å². The van der Waals surface area contributed by atoms with Gasteiger partial charge in [-0.25, -0.2) is 0 Å². The van der Waals surface area contributed by atoms with Crippen LogP contribution in [0.4, 0.5) is 5.69 Å². The van der Waals surface area contributed by atoms with E-state index in [4.69, 9.17) is 16.7 Å². The third-order valence-electron chi connectivity index (χ3n) is 3.51. The van der Waals surface area contributed by atoms with E-state index in [-0.39, 0.29) is 28.9 Å². The Balaban J connectivity index is 2.23. The minimum atomic E-state index is -0.594. The first kappa shape index (κ1) is 17.9. The third-order valence-corrected chi connectivity index (χ3v) is 3.73. The average Bonchev–Trinajstić information content (AvgIpc) is 2.58. The van der Waals surface area contributed by atoms with Crippen molar-refractivity contribution < 1.29 is 14.8 Å². The summed E-state index contributed by atoms with van der Waals surface area (Å²) in [7, 11) is 0. The number of non-ortho nitro benzene ring substituents is 1. The van der Waals surface area contributed by atoms with Crippen LogP contribution in [0, 0.1) is 10.1 Å². The third kappa shape index (κ3) is 4.78. The Hall–Kier alpha value is -2.44. The molecule has 0 saturated carbocycles. The quantitative estimate of drug-likeness (QED) is 0.591. The lowest BCUT2D eigenvalue weighted by molar-refractivity contribution is -0.384. The summed E-state index contributed by atoms with van der Waals surface area (Å²) in [5.41, 5.74) is 0.786. The van der Waals surface area contributed by atoms with Crippen LogP contribution in [0.5, 0.6) is 0 Å². The number of hydrogen-bond acceptors (Lipinski definition) is 4. The lowest BCUT2D eigenvalue weighted by atomic mass is 10.0. The molecule has 1 atom stereocenters. The van der Waals surface area contributed by atoms with Crippen molar-refractivity contribution in [3.05, 3.63) is 74.8 Å². The second kappa shape index (κ2) is 8.42. The van der Waals surface area contributed by atoms with Crippen molar-refractivity contribution in [1.29, 1.82) is 0 Å². The number of carbonyl (C=O) groups excluding carboxylic acids is 1. The Morgan fingerprint density at radius 3 is 2.58 bits per heavy atom. The maximum atomic E-state index is 12.5. The molecule has 0 radical (unpaired) electrons. The number of nitrogens with one attached hydrogen (secondary N) is 1. The SMILES string of the molecule is O=C(NC(CCCO)c1ccccc1)c1cc(Cl)cc([N+](=O)[O-])c1. The van der Waals surface area contributed by atoms with Crippen LogP contribution in [-0.4, -0.2) is 22.5 Å². The highest BCUT2D eigenvalue weighted by Crippen LogP contribution is 2.23. The molecule has 0 fully saturated rings. The van der Waals surface area contributed by atoms with Gasteiger partial charge >= 0.3 is 0 Å². The molecule has 24 heavy (non-hydrogen) atoms. The lowest BCUT2D eigenvalue weighted by Gasteiger charge is -2.19. The summed E-state index contributed by atoms with van der Waals surface area (Å²) in [5, 5.41) is 22.9. The number of benzene rings is 2. The van der Waals surface area contributed by atoms with Gasteiger partial charge in [-0.1, -0.05) is 41.9 Å². The Labute approximate surface area is 144 Å². The Kier molecular flexibility index (Phi) is 6.28. The Bertz CT molecular complexity index is 722. The molecular formula is C17H17ClN2O4. The zero-order valence-corrected chi connectivity index (χ0v) is 13.6. The van der Waals surface area contributed by atoms with Crippen LogP contribution in [0.25, 0.3) is 0 Å². The maximum Gasteiger partial charge on any atom is 0.271 e. The van der Waals surface area contributed by atoms with Crippen molar-refractivity contribution in [2.24, 2.45) is 0 Å². The zero-order valence-electron chi connectivity index (χ0n) is 12.8. The predicted octanol–water partition coefficient (Wildman–Crippen LogP) is 3.49. The molecule has 2 N–H and O–H groups in total. The van der Waals surface area contributed by atoms with Crippen molar-refractivity contribution >= 4 is 23.2 Å². The summed E-state index contributed by atoms with van der Waals surface area (Å²) in [5.74, 6) is -0.451. The highest BCUT2D eigenvalue weighted by molar-refractivity contribution is 6.31. The molecule has 6 nitrogen and oxygen atoms in total. The average molecular weight is 349 g/mol. The van der Waals surface area contributed by atoms with Crippen LogP contribution >= 0.6 is 11.6 Å². The van der Waals surface area contributed by atoms with Gasteiger partial charge in [-0.3, -0.25) is 14.9 Å². The second-order valence-electron chi connectivity index (χ2n) is 5.26. The van der Waals surface area contributed by atoms with E-state index in [2.05, 4.69) is 5.32 Å². The van der Waals surface area contributed by atoms with Crippen LogP contribution in [0.2, 0.25) is 5.02 Å². The van der Waals surface area contributed by atoms with Crippen molar-refractivity contribution in [1.82, 2.24) is 5.32 Å². The monoisotopic (exact) mass is 348 g/mol. The van der Waals surface area contributed by atoms with Gasteiger partial charge in [0.2, 0.25) is 0 Å². The Morgan fingerprint density at radius 1 is 1.25 bits per heavy atom. The minimum absolute atomic E-state index is 0.0157. The van der Waals surface area contributed by atoms with E-state index in [1.54, 1.807) is 0 Å². The van der Waals surface area contributed by atoms with Gasteiger partial charge in [-0.2, -0.15) is 0 Å². The number of aliphatic hydroxyl groups excluding tert-OH is 1. The van der Waals surface area contributed by atoms with E-state index < -0.39 is 10.8 Å². The molecule has 0 saturated heterocycles. The molecule has 2 aromatic carbocycles. The maximum absolute atomic E-state index is 12.5. The molecular weight excluding hydrogens is 332 g/mol. The van der Waals surface area contributed by atoms with Crippen LogP contribution in [0.15, 0.2) is 48.5 Å². The summed E-state index contributed by atoms with van der Waals surface area (Å²) in [6.07, 6.45) is 1.07. The number of carbonyl (C=O) groups is 1. The molecule has 0 bridgehead atoms. The van der Waals surface area contributed by atoms with Crippen LogP contribution in [-0.2, 0) is 0 Å². The molecule has 7 heteroatoms. The van der Waals surface area contributed by atoms with Gasteiger partial charge in [-0.05, 0) is 24.5 Å². The molecule has 1 amide bonds. The number of hydrogen-bond donors (Lipinski definition) is 2. The first-order chi connectivity index (χ1) is 11.5. The zero-order chi connectivity index (χ0) is 17.5. The van der Waals surface area contributed by atoms with Gasteiger partial charge < -0.3 is 10.4 Å². The van der Waals surface area contributed by atoms with Gasteiger partial charge in [0, 0.05) is 29.3 Å². The molecule has 0 aliphatic carbocycles. The second-order valence-corrected chi connectivity index (χ2v) is 5.69. The molecule has 0 aliphatic heterocycles. The van der Waals surface area contributed by atoms with Crippen LogP contribution < -0.4 is 5.32 Å². The number of nitro benzene ring substituents is 1. The number of nitro groups is 1. The van der Waals surface area contributed by atoms with Gasteiger partial charge in [0.25, 0.3) is 11.6 Å². The summed E-state index contributed by atoms with van der Waals surface area (Å²) in [6, 6.07) is 12.8. The Morgan fingerprint density at radius 2 is 1.96 bits per heavy atom. The molecule has 1 unspecified atom stereocenters.